The summed E-state index contributed by atoms with van der Waals surface area (Å²) >= 11 is 0. The van der Waals surface area contributed by atoms with Crippen molar-refractivity contribution in [3.05, 3.63) is 35.7 Å². The minimum Gasteiger partial charge on any atom is -0.369 e. The molecule has 166 valence electrons. The molecule has 2 aromatic rings. The fourth-order valence-corrected chi connectivity index (χ4v) is 4.22. The Kier molecular flexibility index (Phi) is 6.93. The molecule has 1 saturated carbocycles. The predicted molar refractivity (Wildman–Crippen MR) is 125 cm³/mol. The molecule has 1 saturated heterocycles. The molecule has 0 radical (unpaired) electrons. The van der Waals surface area contributed by atoms with Gasteiger partial charge in [0.25, 0.3) is 0 Å². The minimum atomic E-state index is 0.339. The number of anilines is 3. The molecule has 0 aromatic carbocycles. The highest BCUT2D eigenvalue weighted by Gasteiger charge is 2.20. The van der Waals surface area contributed by atoms with E-state index in [1.54, 1.807) is 19.4 Å². The minimum absolute atomic E-state index is 0.339. The molecule has 0 amide bonds. The molecule has 9 nitrogen and oxygen atoms in total. The topological polar surface area (TPSA) is 128 Å². The van der Waals surface area contributed by atoms with E-state index >= 15 is 0 Å². The Morgan fingerprint density at radius 3 is 2.61 bits per heavy atom. The summed E-state index contributed by atoms with van der Waals surface area (Å²) in [5, 5.41) is 18.6. The number of rotatable bonds is 7. The van der Waals surface area contributed by atoms with Crippen molar-refractivity contribution >= 4 is 23.3 Å². The zero-order chi connectivity index (χ0) is 21.6. The highest BCUT2D eigenvalue weighted by molar-refractivity contribution is 6.13. The van der Waals surface area contributed by atoms with E-state index in [-0.39, 0.29) is 0 Å². The SMILES string of the molecule is CNc1ncc(C(=N)c2ccc(N3CCNCC3)nc2)c(NCC2CCC(N)CC2)n1. The first kappa shape index (κ1) is 21.5. The van der Waals surface area contributed by atoms with Gasteiger partial charge in [-0.2, -0.15) is 4.98 Å². The van der Waals surface area contributed by atoms with Crippen LogP contribution in [0.4, 0.5) is 17.6 Å². The van der Waals surface area contributed by atoms with E-state index in [1.165, 1.54) is 0 Å². The van der Waals surface area contributed by atoms with Gasteiger partial charge in [-0.25, -0.2) is 9.97 Å². The molecular weight excluding hydrogens is 390 g/mol. The van der Waals surface area contributed by atoms with E-state index in [4.69, 9.17) is 11.1 Å². The van der Waals surface area contributed by atoms with Crippen LogP contribution in [-0.2, 0) is 0 Å². The normalized spacial score (nSPS) is 21.5. The molecule has 0 unspecified atom stereocenters. The second-order valence-electron chi connectivity index (χ2n) is 8.38. The van der Waals surface area contributed by atoms with Gasteiger partial charge in [0, 0.05) is 63.8 Å². The molecule has 2 fully saturated rings. The van der Waals surface area contributed by atoms with Crippen LogP contribution in [0.1, 0.15) is 36.8 Å². The van der Waals surface area contributed by atoms with Crippen molar-refractivity contribution in [2.45, 2.75) is 31.7 Å². The maximum absolute atomic E-state index is 8.78. The lowest BCUT2D eigenvalue weighted by Crippen LogP contribution is -2.43. The Hall–Kier alpha value is -2.78. The summed E-state index contributed by atoms with van der Waals surface area (Å²) in [4.78, 5) is 15.8. The van der Waals surface area contributed by atoms with E-state index in [0.717, 1.165) is 69.8 Å². The summed E-state index contributed by atoms with van der Waals surface area (Å²) in [7, 11) is 1.80. The lowest BCUT2D eigenvalue weighted by atomic mass is 9.86. The molecule has 2 aliphatic rings. The lowest BCUT2D eigenvalue weighted by molar-refractivity contribution is 0.338. The highest BCUT2D eigenvalue weighted by atomic mass is 15.2. The van der Waals surface area contributed by atoms with Gasteiger partial charge < -0.3 is 26.6 Å². The first-order chi connectivity index (χ1) is 15.1. The Balaban J connectivity index is 1.48. The van der Waals surface area contributed by atoms with Gasteiger partial charge >= 0.3 is 0 Å². The summed E-state index contributed by atoms with van der Waals surface area (Å²) < 4.78 is 0. The fraction of sp³-hybridized carbons (Fsp3) is 0.545. The smallest absolute Gasteiger partial charge is 0.224 e. The average molecular weight is 424 g/mol. The highest BCUT2D eigenvalue weighted by Crippen LogP contribution is 2.25. The molecule has 3 heterocycles. The largest absolute Gasteiger partial charge is 0.369 e. The summed E-state index contributed by atoms with van der Waals surface area (Å²) in [6, 6.07) is 4.30. The molecule has 1 aliphatic carbocycles. The van der Waals surface area contributed by atoms with Gasteiger partial charge in [0.05, 0.1) is 11.3 Å². The van der Waals surface area contributed by atoms with Crippen molar-refractivity contribution < 1.29 is 0 Å². The van der Waals surface area contributed by atoms with Crippen LogP contribution >= 0.6 is 0 Å². The number of aromatic nitrogens is 3. The fourth-order valence-electron chi connectivity index (χ4n) is 4.22. The van der Waals surface area contributed by atoms with Gasteiger partial charge in [0.1, 0.15) is 11.6 Å². The third kappa shape index (κ3) is 5.29. The van der Waals surface area contributed by atoms with Crippen LogP contribution in [0.15, 0.2) is 24.5 Å². The van der Waals surface area contributed by atoms with Crippen molar-refractivity contribution in [3.63, 3.8) is 0 Å². The molecule has 1 aliphatic heterocycles. The monoisotopic (exact) mass is 423 g/mol. The first-order valence-electron chi connectivity index (χ1n) is 11.2. The Bertz CT molecular complexity index is 869. The molecule has 4 rings (SSSR count). The molecular formula is C22H33N9. The standard InChI is InChI=1S/C22H33N9/c1-25-22-29-14-18(21(30-22)28-12-15-2-5-17(23)6-3-15)20(24)16-4-7-19(27-13-16)31-10-8-26-9-11-31/h4,7,13-15,17,24,26H,2-3,5-6,8-12,23H2,1H3,(H2,25,28,29,30). The van der Waals surface area contributed by atoms with Crippen LogP contribution in [0, 0.1) is 11.3 Å². The van der Waals surface area contributed by atoms with Gasteiger partial charge in [-0.3, -0.25) is 5.41 Å². The van der Waals surface area contributed by atoms with Gasteiger partial charge in [0.15, 0.2) is 0 Å². The lowest BCUT2D eigenvalue weighted by Gasteiger charge is -2.28. The van der Waals surface area contributed by atoms with E-state index in [9.17, 15) is 0 Å². The maximum atomic E-state index is 8.78. The van der Waals surface area contributed by atoms with Gasteiger partial charge in [0.2, 0.25) is 5.95 Å². The molecule has 0 atom stereocenters. The number of pyridine rings is 1. The summed E-state index contributed by atoms with van der Waals surface area (Å²) in [5.74, 6) is 2.76. The van der Waals surface area contributed by atoms with Crippen LogP contribution in [-0.4, -0.2) is 66.5 Å². The molecule has 6 N–H and O–H groups in total. The van der Waals surface area contributed by atoms with E-state index in [2.05, 4.69) is 35.8 Å². The zero-order valence-electron chi connectivity index (χ0n) is 18.2. The number of piperazine rings is 1. The third-order valence-electron chi connectivity index (χ3n) is 6.21. The Labute approximate surface area is 183 Å². The van der Waals surface area contributed by atoms with Crippen molar-refractivity contribution in [3.8, 4) is 0 Å². The van der Waals surface area contributed by atoms with Crippen molar-refractivity contribution in [1.29, 1.82) is 5.41 Å². The van der Waals surface area contributed by atoms with Gasteiger partial charge in [-0.15, -0.1) is 0 Å². The van der Waals surface area contributed by atoms with Crippen LogP contribution < -0.4 is 26.6 Å². The van der Waals surface area contributed by atoms with Gasteiger partial charge in [-0.05, 0) is 43.7 Å². The number of nitrogens with two attached hydrogens (primary N) is 1. The number of hydrogen-bond donors (Lipinski definition) is 5. The van der Waals surface area contributed by atoms with Crippen LogP contribution in [0.3, 0.4) is 0 Å². The third-order valence-corrected chi connectivity index (χ3v) is 6.21. The molecule has 2 aromatic heterocycles. The van der Waals surface area contributed by atoms with Crippen molar-refractivity contribution in [2.75, 3.05) is 55.3 Å². The quantitative estimate of drug-likeness (QED) is 0.426. The molecule has 0 bridgehead atoms. The molecule has 0 spiro atoms. The first-order valence-corrected chi connectivity index (χ1v) is 11.2. The summed E-state index contributed by atoms with van der Waals surface area (Å²) in [6.45, 7) is 4.66. The summed E-state index contributed by atoms with van der Waals surface area (Å²) in [5.41, 5.74) is 7.85. The van der Waals surface area contributed by atoms with Crippen molar-refractivity contribution in [2.24, 2.45) is 11.7 Å². The number of nitrogens with zero attached hydrogens (tertiary/aromatic N) is 4. The van der Waals surface area contributed by atoms with E-state index in [1.807, 2.05) is 12.1 Å². The van der Waals surface area contributed by atoms with Crippen LogP contribution in [0.5, 0.6) is 0 Å². The summed E-state index contributed by atoms with van der Waals surface area (Å²) in [6.07, 6.45) is 7.89. The zero-order valence-corrected chi connectivity index (χ0v) is 18.2. The second kappa shape index (κ2) is 10.0. The van der Waals surface area contributed by atoms with Crippen LogP contribution in [0.2, 0.25) is 0 Å². The average Bonchev–Trinajstić information content (AvgIpc) is 2.84. The Morgan fingerprint density at radius 2 is 1.94 bits per heavy atom. The van der Waals surface area contributed by atoms with Crippen molar-refractivity contribution in [1.82, 2.24) is 20.3 Å². The number of nitrogens with one attached hydrogen (secondary N) is 4. The molecule has 9 heteroatoms. The predicted octanol–water partition coefficient (Wildman–Crippen LogP) is 1.67. The van der Waals surface area contributed by atoms with E-state index in [0.29, 0.717) is 35.0 Å². The second-order valence-corrected chi connectivity index (χ2v) is 8.38. The van der Waals surface area contributed by atoms with Gasteiger partial charge in [-0.1, -0.05) is 0 Å². The Morgan fingerprint density at radius 1 is 1.16 bits per heavy atom. The maximum Gasteiger partial charge on any atom is 0.224 e. The number of hydrogen-bond acceptors (Lipinski definition) is 9. The van der Waals surface area contributed by atoms with E-state index < -0.39 is 0 Å². The van der Waals surface area contributed by atoms with Crippen LogP contribution in [0.25, 0.3) is 0 Å². The molecule has 31 heavy (non-hydrogen) atoms.